The molecule has 3 aliphatic heterocycles. The van der Waals surface area contributed by atoms with Gasteiger partial charge < -0.3 is 19.3 Å². The molecule has 1 N–H and O–H groups in total. The molecule has 6 nitrogen and oxygen atoms in total. The summed E-state index contributed by atoms with van der Waals surface area (Å²) in [4.78, 5) is 28.3. The van der Waals surface area contributed by atoms with E-state index in [1.807, 2.05) is 39.8 Å². The summed E-state index contributed by atoms with van der Waals surface area (Å²) in [7, 11) is 0. The van der Waals surface area contributed by atoms with Crippen LogP contribution in [0.25, 0.3) is 11.1 Å². The zero-order valence-corrected chi connectivity index (χ0v) is 17.1. The average molecular weight is 408 g/mol. The number of pyridine rings is 1. The van der Waals surface area contributed by atoms with Gasteiger partial charge in [0.25, 0.3) is 5.56 Å². The van der Waals surface area contributed by atoms with Gasteiger partial charge in [0.1, 0.15) is 0 Å². The maximum absolute atomic E-state index is 13.4. The van der Waals surface area contributed by atoms with Gasteiger partial charge in [0, 0.05) is 50.5 Å². The van der Waals surface area contributed by atoms with Crippen molar-refractivity contribution in [3.05, 3.63) is 58.5 Å². The largest absolute Gasteiger partial charge is 0.395 e. The first-order chi connectivity index (χ1) is 14.6. The molecule has 0 spiro atoms. The lowest BCUT2D eigenvalue weighted by Gasteiger charge is -2.46. The van der Waals surface area contributed by atoms with Crippen LogP contribution in [0.1, 0.15) is 30.9 Å². The average Bonchev–Trinajstić information content (AvgIpc) is 2.80. The summed E-state index contributed by atoms with van der Waals surface area (Å²) in [6.07, 6.45) is 2.14. The molecule has 0 saturated carbocycles. The van der Waals surface area contributed by atoms with E-state index in [-0.39, 0.29) is 29.9 Å². The Bertz CT molecular complexity index is 994. The number of aromatic nitrogens is 1. The van der Waals surface area contributed by atoms with Crippen molar-refractivity contribution in [1.82, 2.24) is 9.47 Å². The van der Waals surface area contributed by atoms with Crippen molar-refractivity contribution in [1.29, 1.82) is 0 Å². The van der Waals surface area contributed by atoms with Crippen LogP contribution in [0.3, 0.4) is 0 Å². The van der Waals surface area contributed by atoms with Crippen molar-refractivity contribution in [2.45, 2.75) is 31.7 Å². The summed E-state index contributed by atoms with van der Waals surface area (Å²) in [6, 6.07) is 13.8. The highest BCUT2D eigenvalue weighted by molar-refractivity contribution is 5.83. The molecule has 2 fully saturated rings. The van der Waals surface area contributed by atoms with Crippen molar-refractivity contribution < 1.29 is 14.6 Å². The van der Waals surface area contributed by atoms with E-state index in [9.17, 15) is 14.7 Å². The van der Waals surface area contributed by atoms with Crippen LogP contribution in [0.5, 0.6) is 0 Å². The number of likely N-dealkylation sites (tertiary alicyclic amines) is 1. The zero-order chi connectivity index (χ0) is 20.7. The van der Waals surface area contributed by atoms with Gasteiger partial charge in [-0.3, -0.25) is 9.59 Å². The van der Waals surface area contributed by atoms with Gasteiger partial charge in [-0.2, -0.15) is 0 Å². The Morgan fingerprint density at radius 1 is 1.07 bits per heavy atom. The molecule has 2 atom stereocenters. The highest BCUT2D eigenvalue weighted by Crippen LogP contribution is 2.40. The number of hydrogen-bond donors (Lipinski definition) is 1. The van der Waals surface area contributed by atoms with Crippen LogP contribution in [0.2, 0.25) is 0 Å². The third kappa shape index (κ3) is 3.28. The summed E-state index contributed by atoms with van der Waals surface area (Å²) in [5, 5.41) is 10.1. The third-order valence-electron chi connectivity index (χ3n) is 7.16. The van der Waals surface area contributed by atoms with Gasteiger partial charge in [0.2, 0.25) is 5.91 Å². The van der Waals surface area contributed by atoms with Crippen LogP contribution in [0, 0.1) is 11.3 Å². The smallest absolute Gasteiger partial charge is 0.251 e. The van der Waals surface area contributed by atoms with Gasteiger partial charge in [0.15, 0.2) is 0 Å². The van der Waals surface area contributed by atoms with Crippen LogP contribution in [-0.4, -0.2) is 53.4 Å². The lowest BCUT2D eigenvalue weighted by molar-refractivity contribution is -0.154. The molecule has 5 rings (SSSR count). The first kappa shape index (κ1) is 19.5. The molecule has 1 aromatic heterocycles. The molecule has 3 aliphatic rings. The normalized spacial score (nSPS) is 24.9. The van der Waals surface area contributed by atoms with Crippen molar-refractivity contribution in [3.63, 3.8) is 0 Å². The molecule has 158 valence electrons. The number of ether oxygens (including phenoxy) is 1. The van der Waals surface area contributed by atoms with E-state index in [4.69, 9.17) is 4.74 Å². The molecule has 4 heterocycles. The quantitative estimate of drug-likeness (QED) is 0.846. The molecule has 1 aromatic carbocycles. The lowest BCUT2D eigenvalue weighted by Crippen LogP contribution is -2.55. The van der Waals surface area contributed by atoms with Crippen LogP contribution in [0.4, 0.5) is 0 Å². The number of fused-ring (bicyclic) bond motifs is 4. The number of rotatable bonds is 3. The maximum atomic E-state index is 13.4. The van der Waals surface area contributed by atoms with E-state index in [0.29, 0.717) is 45.7 Å². The molecule has 2 bridgehead atoms. The first-order valence-electron chi connectivity index (χ1n) is 10.9. The Kier molecular flexibility index (Phi) is 4.99. The van der Waals surface area contributed by atoms with E-state index in [0.717, 1.165) is 23.2 Å². The van der Waals surface area contributed by atoms with Crippen molar-refractivity contribution in [3.8, 4) is 11.1 Å². The van der Waals surface area contributed by atoms with Gasteiger partial charge in [-0.1, -0.05) is 30.3 Å². The number of benzene rings is 1. The second kappa shape index (κ2) is 7.67. The zero-order valence-electron chi connectivity index (χ0n) is 17.1. The predicted octanol–water partition coefficient (Wildman–Crippen LogP) is 2.25. The van der Waals surface area contributed by atoms with Crippen molar-refractivity contribution in [2.24, 2.45) is 11.3 Å². The van der Waals surface area contributed by atoms with Gasteiger partial charge in [0.05, 0.1) is 12.0 Å². The molecular formula is C24H28N2O4. The molecule has 6 heteroatoms. The highest BCUT2D eigenvalue weighted by atomic mass is 16.5. The van der Waals surface area contributed by atoms with Crippen molar-refractivity contribution >= 4 is 5.91 Å². The van der Waals surface area contributed by atoms with Gasteiger partial charge in [-0.05, 0) is 42.4 Å². The summed E-state index contributed by atoms with van der Waals surface area (Å²) in [5.41, 5.74) is 2.32. The third-order valence-corrected chi connectivity index (χ3v) is 7.16. The Balaban J connectivity index is 1.46. The lowest BCUT2D eigenvalue weighted by atomic mass is 9.77. The fourth-order valence-corrected chi connectivity index (χ4v) is 5.46. The molecule has 2 saturated heterocycles. The fraction of sp³-hybridized carbons (Fsp3) is 0.500. The number of nitrogens with zero attached hydrogens (tertiary/aromatic N) is 2. The number of carbonyl (C=O) groups is 1. The molecule has 1 amide bonds. The van der Waals surface area contributed by atoms with E-state index in [1.165, 1.54) is 0 Å². The minimum Gasteiger partial charge on any atom is -0.395 e. The summed E-state index contributed by atoms with van der Waals surface area (Å²) in [5.74, 6) is 0.475. The number of carbonyl (C=O) groups excluding carboxylic acids is 1. The monoisotopic (exact) mass is 408 g/mol. The van der Waals surface area contributed by atoms with E-state index in [2.05, 4.69) is 6.07 Å². The topological polar surface area (TPSA) is 71.8 Å². The Hall–Kier alpha value is -2.44. The Morgan fingerprint density at radius 3 is 2.57 bits per heavy atom. The second-order valence-electron chi connectivity index (χ2n) is 9.04. The minimum absolute atomic E-state index is 0.0390. The summed E-state index contributed by atoms with van der Waals surface area (Å²) in [6.45, 7) is 2.82. The number of piperidine rings is 1. The highest BCUT2D eigenvalue weighted by Gasteiger charge is 2.45. The molecule has 30 heavy (non-hydrogen) atoms. The number of aliphatic hydroxyl groups excluding tert-OH is 1. The molecule has 0 radical (unpaired) electrons. The molecule has 2 aromatic rings. The van der Waals surface area contributed by atoms with Crippen LogP contribution in [0.15, 0.2) is 47.3 Å². The van der Waals surface area contributed by atoms with E-state index >= 15 is 0 Å². The first-order valence-corrected chi connectivity index (χ1v) is 10.9. The van der Waals surface area contributed by atoms with Crippen molar-refractivity contribution in [2.75, 3.05) is 32.9 Å². The van der Waals surface area contributed by atoms with E-state index in [1.54, 1.807) is 6.07 Å². The summed E-state index contributed by atoms with van der Waals surface area (Å²) >= 11 is 0. The Morgan fingerprint density at radius 2 is 1.83 bits per heavy atom. The molecular weight excluding hydrogens is 380 g/mol. The van der Waals surface area contributed by atoms with Gasteiger partial charge in [-0.15, -0.1) is 0 Å². The maximum Gasteiger partial charge on any atom is 0.251 e. The van der Waals surface area contributed by atoms with E-state index < -0.39 is 5.41 Å². The summed E-state index contributed by atoms with van der Waals surface area (Å²) < 4.78 is 7.34. The Labute approximate surface area is 176 Å². The van der Waals surface area contributed by atoms with Crippen LogP contribution < -0.4 is 5.56 Å². The fourth-order valence-electron chi connectivity index (χ4n) is 5.46. The van der Waals surface area contributed by atoms with Crippen LogP contribution in [-0.2, 0) is 16.1 Å². The predicted molar refractivity (Wildman–Crippen MR) is 113 cm³/mol. The van der Waals surface area contributed by atoms with Gasteiger partial charge >= 0.3 is 0 Å². The minimum atomic E-state index is -0.713. The molecule has 0 unspecified atom stereocenters. The number of hydrogen-bond acceptors (Lipinski definition) is 4. The second-order valence-corrected chi connectivity index (χ2v) is 9.04. The van der Waals surface area contributed by atoms with Gasteiger partial charge in [-0.25, -0.2) is 0 Å². The standard InChI is InChI=1S/C24H28N2O4/c27-16-24(6-8-30-9-7-24)23(29)25-13-17-10-20(15-25)21-11-19(12-22(28)26(21)14-17)18-4-2-1-3-5-18/h1-5,11-12,17,20,27H,6-10,13-16H2/t17-,20+/m0/s1. The number of amides is 1. The SMILES string of the molecule is O=C(N1C[C@@H]2C[C@H](C1)c1cc(-c3ccccc3)cc(=O)n1C2)C1(CO)CCOCC1. The molecule has 0 aliphatic carbocycles. The van der Waals surface area contributed by atoms with Crippen LogP contribution >= 0.6 is 0 Å². The number of aliphatic hydroxyl groups is 1.